The molecule has 68 valence electrons. The van der Waals surface area contributed by atoms with Crippen molar-refractivity contribution in [2.75, 3.05) is 6.54 Å². The number of rotatable bonds is 3. The zero-order chi connectivity index (χ0) is 9.68. The van der Waals surface area contributed by atoms with Crippen LogP contribution in [0.4, 0.5) is 0 Å². The van der Waals surface area contributed by atoms with Gasteiger partial charge in [0, 0.05) is 17.1 Å². The van der Waals surface area contributed by atoms with Gasteiger partial charge in [0.05, 0.1) is 0 Å². The Morgan fingerprint density at radius 1 is 1.46 bits per heavy atom. The molecule has 1 aromatic carbocycles. The summed E-state index contributed by atoms with van der Waals surface area (Å²) in [5.41, 5.74) is 0.973. The molecule has 0 amide bonds. The van der Waals surface area contributed by atoms with Crippen LogP contribution in [0.3, 0.4) is 0 Å². The van der Waals surface area contributed by atoms with E-state index in [9.17, 15) is 0 Å². The van der Waals surface area contributed by atoms with Crippen LogP contribution in [-0.2, 0) is 0 Å². The Kier molecular flexibility index (Phi) is 3.93. The second-order valence-electron chi connectivity index (χ2n) is 2.51. The second kappa shape index (κ2) is 5.00. The Labute approximate surface area is 88.4 Å². The van der Waals surface area contributed by atoms with E-state index in [0.29, 0.717) is 6.54 Å². The van der Waals surface area contributed by atoms with Crippen molar-refractivity contribution in [2.45, 2.75) is 0 Å². The van der Waals surface area contributed by atoms with E-state index in [-0.39, 0.29) is 0 Å². The van der Waals surface area contributed by atoms with Crippen LogP contribution in [0.5, 0.6) is 0 Å². The molecule has 0 atom stereocenters. The normalized spacial score (nSPS) is 9.31. The molecule has 0 aliphatic rings. The summed E-state index contributed by atoms with van der Waals surface area (Å²) < 4.78 is 0. The lowest BCUT2D eigenvalue weighted by Gasteiger charge is -2.04. The van der Waals surface area contributed by atoms with Crippen LogP contribution in [0.15, 0.2) is 36.9 Å². The van der Waals surface area contributed by atoms with Gasteiger partial charge >= 0.3 is 0 Å². The van der Waals surface area contributed by atoms with Gasteiger partial charge in [0.25, 0.3) is 0 Å². The molecule has 13 heavy (non-hydrogen) atoms. The predicted octanol–water partition coefficient (Wildman–Crippen LogP) is 2.79. The molecule has 1 aromatic rings. The van der Waals surface area contributed by atoms with Crippen LogP contribution in [-0.4, -0.2) is 11.5 Å². The Morgan fingerprint density at radius 2 is 2.08 bits per heavy atom. The minimum absolute atomic E-state index is 0.682. The van der Waals surface area contributed by atoms with Crippen LogP contribution < -0.4 is 5.32 Å². The Bertz CT molecular complexity index is 305. The average molecular weight is 212 g/mol. The van der Waals surface area contributed by atoms with Gasteiger partial charge in [0.2, 0.25) is 0 Å². The third-order valence-corrected chi connectivity index (χ3v) is 2.15. The van der Waals surface area contributed by atoms with E-state index in [1.807, 2.05) is 24.3 Å². The zero-order valence-electron chi connectivity index (χ0n) is 7.09. The molecule has 0 saturated heterocycles. The van der Waals surface area contributed by atoms with Crippen LogP contribution in [0.2, 0.25) is 5.02 Å². The molecule has 3 heteroatoms. The number of hydrogen-bond acceptors (Lipinski definition) is 1. The van der Waals surface area contributed by atoms with E-state index in [4.69, 9.17) is 23.8 Å². The van der Waals surface area contributed by atoms with Gasteiger partial charge in [0.1, 0.15) is 4.99 Å². The lowest BCUT2D eigenvalue weighted by molar-refractivity contribution is 1.07. The van der Waals surface area contributed by atoms with Gasteiger partial charge in [-0.25, -0.2) is 0 Å². The summed E-state index contributed by atoms with van der Waals surface area (Å²) in [6.07, 6.45) is 1.77. The maximum atomic E-state index is 5.74. The van der Waals surface area contributed by atoms with Crippen molar-refractivity contribution in [1.29, 1.82) is 0 Å². The number of halogens is 1. The van der Waals surface area contributed by atoms with E-state index in [1.54, 1.807) is 6.08 Å². The Morgan fingerprint density at radius 3 is 2.62 bits per heavy atom. The molecule has 0 spiro atoms. The molecule has 0 bridgehead atoms. The average Bonchev–Trinajstić information content (AvgIpc) is 2.15. The molecule has 0 heterocycles. The molecule has 1 nitrogen and oxygen atoms in total. The predicted molar refractivity (Wildman–Crippen MR) is 61.4 cm³/mol. The molecule has 1 N–H and O–H groups in total. The number of thiocarbonyl (C=S) groups is 1. The number of hydrogen-bond donors (Lipinski definition) is 1. The first-order chi connectivity index (χ1) is 6.24. The topological polar surface area (TPSA) is 12.0 Å². The van der Waals surface area contributed by atoms with E-state index >= 15 is 0 Å². The van der Waals surface area contributed by atoms with E-state index in [2.05, 4.69) is 11.9 Å². The van der Waals surface area contributed by atoms with Crippen LogP contribution >= 0.6 is 23.8 Å². The van der Waals surface area contributed by atoms with E-state index < -0.39 is 0 Å². The van der Waals surface area contributed by atoms with Crippen LogP contribution in [0.25, 0.3) is 0 Å². The molecular weight excluding hydrogens is 202 g/mol. The van der Waals surface area contributed by atoms with Gasteiger partial charge in [-0.05, 0) is 12.1 Å². The van der Waals surface area contributed by atoms with Crippen LogP contribution in [0.1, 0.15) is 5.56 Å². The van der Waals surface area contributed by atoms with Gasteiger partial charge in [-0.1, -0.05) is 42.0 Å². The lowest BCUT2D eigenvalue weighted by atomic mass is 10.2. The highest BCUT2D eigenvalue weighted by molar-refractivity contribution is 7.80. The fraction of sp³-hybridized carbons (Fsp3) is 0.100. The molecule has 0 aliphatic heterocycles. The van der Waals surface area contributed by atoms with Crippen molar-refractivity contribution in [3.05, 3.63) is 47.5 Å². The fourth-order valence-corrected chi connectivity index (χ4v) is 1.21. The van der Waals surface area contributed by atoms with Crippen LogP contribution in [0, 0.1) is 0 Å². The van der Waals surface area contributed by atoms with Crippen molar-refractivity contribution in [2.24, 2.45) is 0 Å². The van der Waals surface area contributed by atoms with Crippen molar-refractivity contribution in [1.82, 2.24) is 5.32 Å². The monoisotopic (exact) mass is 211 g/mol. The lowest BCUT2D eigenvalue weighted by Crippen LogP contribution is -2.21. The van der Waals surface area contributed by atoms with Crippen molar-refractivity contribution >= 4 is 28.8 Å². The molecule has 0 aliphatic carbocycles. The minimum atomic E-state index is 0.682. The largest absolute Gasteiger partial charge is 0.372 e. The SMILES string of the molecule is C=CCNC(=S)c1ccc(Cl)cc1. The highest BCUT2D eigenvalue weighted by Gasteiger charge is 1.97. The molecule has 0 fully saturated rings. The quantitative estimate of drug-likeness (QED) is 0.610. The minimum Gasteiger partial charge on any atom is -0.372 e. The highest BCUT2D eigenvalue weighted by atomic mass is 35.5. The fourth-order valence-electron chi connectivity index (χ4n) is 0.868. The van der Waals surface area contributed by atoms with E-state index in [0.717, 1.165) is 15.6 Å². The smallest absolute Gasteiger partial charge is 0.106 e. The Balaban J connectivity index is 2.66. The van der Waals surface area contributed by atoms with Gasteiger partial charge in [-0.15, -0.1) is 6.58 Å². The molecule has 1 rings (SSSR count). The standard InChI is InChI=1S/C10H10ClNS/c1-2-7-12-10(13)8-3-5-9(11)6-4-8/h2-6H,1,7H2,(H,12,13). The molecule has 0 unspecified atom stereocenters. The van der Waals surface area contributed by atoms with Crippen molar-refractivity contribution < 1.29 is 0 Å². The number of nitrogens with one attached hydrogen (secondary N) is 1. The summed E-state index contributed by atoms with van der Waals surface area (Å²) in [7, 11) is 0. The third kappa shape index (κ3) is 3.17. The first kappa shape index (κ1) is 10.2. The maximum Gasteiger partial charge on any atom is 0.106 e. The van der Waals surface area contributed by atoms with Gasteiger partial charge in [0.15, 0.2) is 0 Å². The second-order valence-corrected chi connectivity index (χ2v) is 3.35. The van der Waals surface area contributed by atoms with Crippen molar-refractivity contribution in [3.63, 3.8) is 0 Å². The van der Waals surface area contributed by atoms with Gasteiger partial charge in [-0.3, -0.25) is 0 Å². The molecule has 0 radical (unpaired) electrons. The summed E-state index contributed by atoms with van der Waals surface area (Å²) in [6.45, 7) is 4.28. The molecule has 0 aromatic heterocycles. The Hall–Kier alpha value is -0.860. The molecule has 0 saturated carbocycles. The summed E-state index contributed by atoms with van der Waals surface area (Å²) >= 11 is 10.9. The zero-order valence-corrected chi connectivity index (χ0v) is 8.66. The molecular formula is C10H10ClNS. The highest BCUT2D eigenvalue weighted by Crippen LogP contribution is 2.09. The first-order valence-electron chi connectivity index (χ1n) is 3.88. The third-order valence-electron chi connectivity index (χ3n) is 1.51. The summed E-state index contributed by atoms with van der Waals surface area (Å²) in [4.78, 5) is 0.719. The summed E-state index contributed by atoms with van der Waals surface area (Å²) in [5.74, 6) is 0. The van der Waals surface area contributed by atoms with Crippen molar-refractivity contribution in [3.8, 4) is 0 Å². The van der Waals surface area contributed by atoms with E-state index in [1.165, 1.54) is 0 Å². The number of benzene rings is 1. The maximum absolute atomic E-state index is 5.74. The van der Waals surface area contributed by atoms with Gasteiger partial charge < -0.3 is 5.32 Å². The first-order valence-corrected chi connectivity index (χ1v) is 4.67. The summed E-state index contributed by atoms with van der Waals surface area (Å²) in [6, 6.07) is 7.42. The van der Waals surface area contributed by atoms with Gasteiger partial charge in [-0.2, -0.15) is 0 Å². The summed E-state index contributed by atoms with van der Waals surface area (Å²) in [5, 5.41) is 3.76.